The van der Waals surface area contributed by atoms with E-state index in [1.165, 1.54) is 0 Å². The van der Waals surface area contributed by atoms with Crippen molar-refractivity contribution in [3.63, 3.8) is 0 Å². The summed E-state index contributed by atoms with van der Waals surface area (Å²) in [5.41, 5.74) is 0. The summed E-state index contributed by atoms with van der Waals surface area (Å²) in [5, 5.41) is 97.3. The van der Waals surface area contributed by atoms with Gasteiger partial charge in [-0.2, -0.15) is 0 Å². The number of aliphatic hydroxyl groups excluding tert-OH is 10. The lowest BCUT2D eigenvalue weighted by atomic mass is 9.99. The maximum Gasteiger partial charge on any atom is 0.472 e. The van der Waals surface area contributed by atoms with E-state index in [1.807, 2.05) is 0 Å². The minimum atomic E-state index is -5.15. The van der Waals surface area contributed by atoms with E-state index in [9.17, 15) is 103 Å². The second-order valence-corrected chi connectivity index (χ2v) is 21.5. The monoisotopic (exact) mass is 1100 g/mol. The Labute approximate surface area is 371 Å². The van der Waals surface area contributed by atoms with Gasteiger partial charge in [-0.3, -0.25) is 49.8 Å². The van der Waals surface area contributed by atoms with Crippen LogP contribution in [-0.4, -0.2) is 239 Å². The minimum Gasteiger partial charge on any atom is -0.394 e. The highest BCUT2D eigenvalue weighted by atomic mass is 31.2. The molecule has 0 spiro atoms. The van der Waals surface area contributed by atoms with Crippen LogP contribution in [0.2, 0.25) is 0 Å². The molecule has 17 N–H and O–H groups in total. The van der Waals surface area contributed by atoms with Crippen LogP contribution in [0.5, 0.6) is 0 Å². The van der Waals surface area contributed by atoms with E-state index in [0.717, 1.165) is 0 Å². The van der Waals surface area contributed by atoms with Crippen molar-refractivity contribution in [2.45, 2.75) is 67.3 Å². The van der Waals surface area contributed by atoms with Crippen LogP contribution in [0.25, 0.3) is 0 Å². The molecule has 1 rings (SSSR count). The van der Waals surface area contributed by atoms with Crippen molar-refractivity contribution < 1.29 is 172 Å². The molecular weight excluding hydrogens is 1050 g/mol. The van der Waals surface area contributed by atoms with Crippen molar-refractivity contribution >= 4 is 46.9 Å². The van der Waals surface area contributed by atoms with Gasteiger partial charge in [0.25, 0.3) is 0 Å². The SMILES string of the molecule is O=P(O)(O)OC[C@H](O)COP(=O)(O)OC[C@H](O)COP(=O)(O)OC[C@H](O)COP(=O)(O)OC[C@H](O)COP(=O)(O)OC[C@H](O)COP(=O)(O)OC[C@@H](CO)O[C@H]1O[C@H](CO)[C@@H](O)[C@H](O)[C@H]1O. The van der Waals surface area contributed by atoms with Crippen LogP contribution in [0.15, 0.2) is 0 Å². The van der Waals surface area contributed by atoms with Crippen molar-refractivity contribution in [3.05, 3.63) is 0 Å². The number of phosphoric ester groups is 6. The lowest BCUT2D eigenvalue weighted by Gasteiger charge is -2.40. The van der Waals surface area contributed by atoms with Gasteiger partial charge < -0.3 is 94.8 Å². The van der Waals surface area contributed by atoms with Crippen LogP contribution in [0.4, 0.5) is 0 Å². The van der Waals surface area contributed by atoms with E-state index in [1.54, 1.807) is 0 Å². The number of hydrogen-bond acceptors (Lipinski definition) is 29. The Morgan fingerprint density at radius 1 is 0.394 bits per heavy atom. The number of rotatable bonds is 37. The van der Waals surface area contributed by atoms with E-state index >= 15 is 0 Å². The van der Waals surface area contributed by atoms with Gasteiger partial charge in [-0.25, -0.2) is 27.4 Å². The number of hydrogen-bond donors (Lipinski definition) is 17. The molecule has 0 saturated carbocycles. The van der Waals surface area contributed by atoms with Crippen molar-refractivity contribution in [2.75, 3.05) is 85.9 Å². The fraction of sp³-hybridized carbons (Fsp3) is 1.00. The summed E-state index contributed by atoms with van der Waals surface area (Å²) in [7, 11) is -30.4. The Morgan fingerprint density at radius 3 is 0.894 bits per heavy atom. The van der Waals surface area contributed by atoms with Gasteiger partial charge in [-0.15, -0.1) is 0 Å². The van der Waals surface area contributed by atoms with Gasteiger partial charge in [0.2, 0.25) is 0 Å². The molecule has 66 heavy (non-hydrogen) atoms. The number of aliphatic hydroxyl groups is 10. The molecule has 42 heteroatoms. The lowest BCUT2D eigenvalue weighted by molar-refractivity contribution is -0.314. The molecule has 1 saturated heterocycles. The second-order valence-electron chi connectivity index (χ2n) is 13.0. The first-order chi connectivity index (χ1) is 30.2. The zero-order valence-corrected chi connectivity index (χ0v) is 39.0. The molecule has 36 nitrogen and oxygen atoms in total. The number of ether oxygens (including phenoxy) is 2. The fourth-order valence-corrected chi connectivity index (χ4v) is 8.25. The van der Waals surface area contributed by atoms with Crippen LogP contribution in [0, 0.1) is 0 Å². The lowest BCUT2D eigenvalue weighted by Crippen LogP contribution is -2.60. The maximum atomic E-state index is 12.2. The van der Waals surface area contributed by atoms with Gasteiger partial charge in [-0.05, 0) is 0 Å². The molecule has 0 radical (unpaired) electrons. The second kappa shape index (κ2) is 29.6. The fourth-order valence-electron chi connectivity index (χ4n) is 3.91. The van der Waals surface area contributed by atoms with E-state index in [-0.39, 0.29) is 0 Å². The molecule has 0 aromatic heterocycles. The average molecular weight is 1100 g/mol. The summed E-state index contributed by atoms with van der Waals surface area (Å²) in [5.74, 6) is 0. The summed E-state index contributed by atoms with van der Waals surface area (Å²) in [6.45, 7) is -13.7. The highest BCUT2D eigenvalue weighted by molar-refractivity contribution is 7.48. The van der Waals surface area contributed by atoms with Gasteiger partial charge in [-0.1, -0.05) is 0 Å². The van der Waals surface area contributed by atoms with Crippen LogP contribution in [-0.2, 0) is 86.6 Å². The predicted molar refractivity (Wildman–Crippen MR) is 202 cm³/mol. The maximum absolute atomic E-state index is 12.2. The molecule has 1 heterocycles. The molecule has 1 fully saturated rings. The van der Waals surface area contributed by atoms with Crippen molar-refractivity contribution in [1.29, 1.82) is 0 Å². The zero-order valence-electron chi connectivity index (χ0n) is 33.6. The molecule has 1 aliphatic rings. The summed E-state index contributed by atoms with van der Waals surface area (Å²) in [6, 6.07) is 0. The standard InChI is InChI=1S/C24H54O36P6/c25-1-19(59-24-23(34)22(33)21(32)20(2-26)60-24)13-58-66(46,47)57-12-18(31)11-56-65(44,45)55-10-17(30)9-54-64(42,43)53-8-16(29)7-52-63(40,41)51-6-15(28)5-50-62(38,39)49-4-14(27)3-48-61(35,36)37/h14-34H,1-13H2,(H,38,39)(H,40,41)(H,42,43)(H,44,45)(H,46,47)(H2,35,36,37)/t14-,15-,16-,17-,18-,19+,20+,21+,22-,23+,24-/m0/s1. The molecule has 0 aromatic carbocycles. The summed E-state index contributed by atoms with van der Waals surface area (Å²) in [6.07, 6.45) is -19.7. The normalized spacial score (nSPS) is 27.0. The van der Waals surface area contributed by atoms with Gasteiger partial charge in [0, 0.05) is 0 Å². The third-order valence-electron chi connectivity index (χ3n) is 7.11. The Kier molecular flexibility index (Phi) is 28.8. The van der Waals surface area contributed by atoms with Crippen LogP contribution in [0.3, 0.4) is 0 Å². The third-order valence-corrected chi connectivity index (χ3v) is 12.3. The first-order valence-corrected chi connectivity index (χ1v) is 27.0. The first-order valence-electron chi connectivity index (χ1n) is 18.0. The quantitative estimate of drug-likeness (QED) is 0.0257. The molecule has 0 aromatic rings. The first kappa shape index (κ1) is 64.2. The number of phosphoric acid groups is 6. The van der Waals surface area contributed by atoms with Crippen molar-refractivity contribution in [2.24, 2.45) is 0 Å². The smallest absolute Gasteiger partial charge is 0.394 e. The Balaban J connectivity index is 2.36. The zero-order chi connectivity index (χ0) is 50.7. The molecule has 1 aliphatic heterocycles. The van der Waals surface area contributed by atoms with Gasteiger partial charge in [0.05, 0.1) is 85.9 Å². The summed E-state index contributed by atoms with van der Waals surface area (Å²) >= 11 is 0. The topological polar surface area (TPSA) is 566 Å². The van der Waals surface area contributed by atoms with Crippen LogP contribution >= 0.6 is 46.9 Å². The Hall–Kier alpha value is 0.180. The molecule has 0 bridgehead atoms. The summed E-state index contributed by atoms with van der Waals surface area (Å²) in [4.78, 5) is 65.7. The van der Waals surface area contributed by atoms with Crippen LogP contribution < -0.4 is 0 Å². The van der Waals surface area contributed by atoms with Gasteiger partial charge in [0.15, 0.2) is 6.29 Å². The van der Waals surface area contributed by atoms with Crippen molar-refractivity contribution in [3.8, 4) is 0 Å². The van der Waals surface area contributed by atoms with Crippen molar-refractivity contribution in [1.82, 2.24) is 0 Å². The van der Waals surface area contributed by atoms with E-state index < -0.39 is 200 Å². The summed E-state index contributed by atoms with van der Waals surface area (Å²) < 4.78 is 129. The van der Waals surface area contributed by atoms with Gasteiger partial charge in [0.1, 0.15) is 61.0 Å². The minimum absolute atomic E-state index is 0.807. The highest BCUT2D eigenvalue weighted by Crippen LogP contribution is 2.48. The van der Waals surface area contributed by atoms with E-state index in [2.05, 4.69) is 49.8 Å². The van der Waals surface area contributed by atoms with E-state index in [4.69, 9.17) is 19.3 Å². The molecule has 0 amide bonds. The third kappa shape index (κ3) is 28.9. The molecule has 16 atom stereocenters. The average Bonchev–Trinajstić information content (AvgIpc) is 3.23. The van der Waals surface area contributed by atoms with Gasteiger partial charge >= 0.3 is 46.9 Å². The molecule has 396 valence electrons. The Bertz CT molecular complexity index is 1680. The highest BCUT2D eigenvalue weighted by Gasteiger charge is 2.45. The van der Waals surface area contributed by atoms with E-state index in [0.29, 0.717) is 0 Å². The van der Waals surface area contributed by atoms with Crippen LogP contribution in [0.1, 0.15) is 0 Å². The largest absolute Gasteiger partial charge is 0.472 e. The predicted octanol–water partition coefficient (Wildman–Crippen LogP) is -6.25. The molecule has 0 aliphatic carbocycles. The molecular formula is C24H54O36P6. The Morgan fingerprint density at radius 2 is 0.652 bits per heavy atom. The molecule has 5 unspecified atom stereocenters.